The summed E-state index contributed by atoms with van der Waals surface area (Å²) < 4.78 is 8.95. The van der Waals surface area contributed by atoms with Crippen molar-refractivity contribution in [1.29, 1.82) is 0 Å². The number of fused-ring (bicyclic) bond motifs is 6. The van der Waals surface area contributed by atoms with Gasteiger partial charge in [-0.25, -0.2) is 15.0 Å². The molecule has 0 spiro atoms. The molecule has 3 aromatic heterocycles. The van der Waals surface area contributed by atoms with Crippen LogP contribution in [0, 0.1) is 0 Å². The molecule has 4 nitrogen and oxygen atoms in total. The van der Waals surface area contributed by atoms with Crippen molar-refractivity contribution in [3.63, 3.8) is 0 Å². The van der Waals surface area contributed by atoms with Gasteiger partial charge in [-0.2, -0.15) is 0 Å². The van der Waals surface area contributed by atoms with Crippen molar-refractivity contribution in [3.8, 4) is 56.4 Å². The van der Waals surface area contributed by atoms with Crippen molar-refractivity contribution in [1.82, 2.24) is 15.0 Å². The minimum absolute atomic E-state index is 0.614. The van der Waals surface area contributed by atoms with E-state index in [1.54, 1.807) is 0 Å². The third-order valence-corrected chi connectivity index (χ3v) is 10.6. The van der Waals surface area contributed by atoms with Gasteiger partial charge in [-0.1, -0.05) is 146 Å². The van der Waals surface area contributed by atoms with E-state index >= 15 is 0 Å². The molecule has 0 saturated heterocycles. The topological polar surface area (TPSA) is 51.8 Å². The van der Waals surface area contributed by atoms with E-state index in [1.807, 2.05) is 84.1 Å². The fraction of sp³-hybridized carbons (Fsp3) is 0. The molecule has 0 atom stereocenters. The number of thiophene rings is 1. The average Bonchev–Trinajstić information content (AvgIpc) is 3.77. The van der Waals surface area contributed by atoms with Gasteiger partial charge in [0.25, 0.3) is 0 Å². The van der Waals surface area contributed by atoms with Crippen LogP contribution < -0.4 is 0 Å². The molecule has 5 heteroatoms. The number of nitrogens with zero attached hydrogens (tertiary/aromatic N) is 3. The monoisotopic (exact) mass is 657 g/mol. The maximum atomic E-state index is 6.43. The van der Waals surface area contributed by atoms with E-state index in [0.717, 1.165) is 55.3 Å². The number of furan rings is 1. The molecular weight excluding hydrogens is 631 g/mol. The Labute approximate surface area is 292 Å². The molecule has 0 aliphatic carbocycles. The first-order valence-electron chi connectivity index (χ1n) is 16.6. The largest absolute Gasteiger partial charge is 0.456 e. The SMILES string of the molecule is c1ccc(-c2nc(-c3ccccc3)nc(-c3cccc(-c4cccc5c4sc4ccccc45)c3-c3cccc4oc5ccccc5c34)n2)cc1. The number of hydrogen-bond donors (Lipinski definition) is 0. The van der Waals surface area contributed by atoms with E-state index in [-0.39, 0.29) is 0 Å². The summed E-state index contributed by atoms with van der Waals surface area (Å²) in [7, 11) is 0. The summed E-state index contributed by atoms with van der Waals surface area (Å²) in [5.41, 5.74) is 8.90. The van der Waals surface area contributed by atoms with Crippen molar-refractivity contribution < 1.29 is 4.42 Å². The lowest BCUT2D eigenvalue weighted by atomic mass is 9.87. The fourth-order valence-electron chi connectivity index (χ4n) is 7.12. The Morgan fingerprint density at radius 2 is 0.920 bits per heavy atom. The highest BCUT2D eigenvalue weighted by atomic mass is 32.1. The van der Waals surface area contributed by atoms with Crippen molar-refractivity contribution in [2.75, 3.05) is 0 Å². The Morgan fingerprint density at radius 1 is 0.380 bits per heavy atom. The molecule has 0 unspecified atom stereocenters. The van der Waals surface area contributed by atoms with Gasteiger partial charge in [-0.05, 0) is 29.3 Å². The molecule has 0 radical (unpaired) electrons. The Hall–Kier alpha value is -6.43. The summed E-state index contributed by atoms with van der Waals surface area (Å²) in [6.45, 7) is 0. The third-order valence-electron chi connectivity index (χ3n) is 9.37. The zero-order chi connectivity index (χ0) is 33.0. The number of rotatable bonds is 5. The molecule has 0 amide bonds. The molecule has 3 heterocycles. The van der Waals surface area contributed by atoms with E-state index in [0.29, 0.717) is 17.5 Å². The Morgan fingerprint density at radius 3 is 1.70 bits per heavy atom. The summed E-state index contributed by atoms with van der Waals surface area (Å²) in [5.74, 6) is 1.87. The standard InChI is InChI=1S/C45H27N3OS/c1-3-14-28(15-4-1)43-46-44(29-16-5-2-6-17-29)48-45(47-43)36-24-11-20-31(33-22-12-21-32-30-18-8-10-27-39(30)50-42(32)33)40(36)35-23-13-26-38-41(35)34-19-7-9-25-37(34)49-38/h1-27H. The first kappa shape index (κ1) is 28.6. The molecule has 0 saturated carbocycles. The van der Waals surface area contributed by atoms with Crippen LogP contribution in [0.1, 0.15) is 0 Å². The van der Waals surface area contributed by atoms with Gasteiger partial charge >= 0.3 is 0 Å². The van der Waals surface area contributed by atoms with Crippen molar-refractivity contribution in [3.05, 3.63) is 164 Å². The minimum atomic E-state index is 0.614. The maximum absolute atomic E-state index is 6.43. The van der Waals surface area contributed by atoms with Crippen molar-refractivity contribution in [2.24, 2.45) is 0 Å². The van der Waals surface area contributed by atoms with Gasteiger partial charge in [0.05, 0.1) is 0 Å². The van der Waals surface area contributed by atoms with Gasteiger partial charge < -0.3 is 4.42 Å². The minimum Gasteiger partial charge on any atom is -0.456 e. The zero-order valence-electron chi connectivity index (χ0n) is 26.7. The molecule has 7 aromatic carbocycles. The predicted molar refractivity (Wildman–Crippen MR) is 207 cm³/mol. The van der Waals surface area contributed by atoms with Crippen LogP contribution in [0.15, 0.2) is 168 Å². The van der Waals surface area contributed by atoms with E-state index in [2.05, 4.69) is 91.0 Å². The lowest BCUT2D eigenvalue weighted by molar-refractivity contribution is 0.669. The van der Waals surface area contributed by atoms with Gasteiger partial charge in [0.15, 0.2) is 17.5 Å². The van der Waals surface area contributed by atoms with Crippen LogP contribution in [0.2, 0.25) is 0 Å². The van der Waals surface area contributed by atoms with E-state index in [9.17, 15) is 0 Å². The number of aromatic nitrogens is 3. The molecule has 50 heavy (non-hydrogen) atoms. The van der Waals surface area contributed by atoms with Crippen molar-refractivity contribution >= 4 is 53.4 Å². The van der Waals surface area contributed by atoms with E-state index in [1.165, 1.54) is 25.7 Å². The normalized spacial score (nSPS) is 11.6. The maximum Gasteiger partial charge on any atom is 0.164 e. The van der Waals surface area contributed by atoms with Gasteiger partial charge in [-0.15, -0.1) is 11.3 Å². The highest BCUT2D eigenvalue weighted by molar-refractivity contribution is 7.26. The summed E-state index contributed by atoms with van der Waals surface area (Å²) in [6, 6.07) is 56.7. The molecule has 0 N–H and O–H groups in total. The summed E-state index contributed by atoms with van der Waals surface area (Å²) in [4.78, 5) is 15.4. The Kier molecular flexibility index (Phi) is 6.64. The van der Waals surface area contributed by atoms with Crippen LogP contribution in [0.4, 0.5) is 0 Å². The first-order valence-corrected chi connectivity index (χ1v) is 17.4. The van der Waals surface area contributed by atoms with Gasteiger partial charge in [-0.3, -0.25) is 0 Å². The number of para-hydroxylation sites is 1. The third kappa shape index (κ3) is 4.63. The molecular formula is C45H27N3OS. The Balaban J connectivity index is 1.33. The highest BCUT2D eigenvalue weighted by Gasteiger charge is 2.23. The second kappa shape index (κ2) is 11.6. The highest BCUT2D eigenvalue weighted by Crippen LogP contribution is 2.48. The predicted octanol–water partition coefficient (Wildman–Crippen LogP) is 12.5. The van der Waals surface area contributed by atoms with Crippen LogP contribution in [-0.4, -0.2) is 15.0 Å². The van der Waals surface area contributed by atoms with Gasteiger partial charge in [0.1, 0.15) is 11.2 Å². The fourth-order valence-corrected chi connectivity index (χ4v) is 8.35. The van der Waals surface area contributed by atoms with Crippen LogP contribution in [-0.2, 0) is 0 Å². The molecule has 10 rings (SSSR count). The quantitative estimate of drug-likeness (QED) is 0.185. The van der Waals surface area contributed by atoms with Crippen LogP contribution in [0.3, 0.4) is 0 Å². The Bertz CT molecular complexity index is 2820. The van der Waals surface area contributed by atoms with E-state index < -0.39 is 0 Å². The van der Waals surface area contributed by atoms with Crippen LogP contribution in [0.25, 0.3) is 98.5 Å². The second-order valence-corrected chi connectivity index (χ2v) is 13.4. The molecule has 0 aliphatic heterocycles. The van der Waals surface area contributed by atoms with E-state index in [4.69, 9.17) is 19.4 Å². The molecule has 0 fully saturated rings. The van der Waals surface area contributed by atoms with Crippen LogP contribution in [0.5, 0.6) is 0 Å². The summed E-state index contributed by atoms with van der Waals surface area (Å²) >= 11 is 1.84. The summed E-state index contributed by atoms with van der Waals surface area (Å²) in [5, 5.41) is 4.67. The lowest BCUT2D eigenvalue weighted by Gasteiger charge is -2.17. The second-order valence-electron chi connectivity index (χ2n) is 12.3. The molecule has 234 valence electrons. The van der Waals surface area contributed by atoms with Crippen molar-refractivity contribution in [2.45, 2.75) is 0 Å². The van der Waals surface area contributed by atoms with Crippen LogP contribution >= 0.6 is 11.3 Å². The average molecular weight is 658 g/mol. The number of benzene rings is 7. The summed E-state index contributed by atoms with van der Waals surface area (Å²) in [6.07, 6.45) is 0. The molecule has 0 aliphatic rings. The molecule has 0 bridgehead atoms. The van der Waals surface area contributed by atoms with Gasteiger partial charge in [0.2, 0.25) is 0 Å². The zero-order valence-corrected chi connectivity index (χ0v) is 27.6. The smallest absolute Gasteiger partial charge is 0.164 e. The first-order chi connectivity index (χ1) is 24.8. The number of hydrogen-bond acceptors (Lipinski definition) is 5. The molecule has 10 aromatic rings. The van der Waals surface area contributed by atoms with Gasteiger partial charge in [0, 0.05) is 58.8 Å². The lowest BCUT2D eigenvalue weighted by Crippen LogP contribution is -2.02.